The smallest absolute Gasteiger partial charge is 0.169 e. The van der Waals surface area contributed by atoms with Crippen LogP contribution in [0, 0.1) is 5.82 Å². The second-order valence-corrected chi connectivity index (χ2v) is 7.77. The maximum absolute atomic E-state index is 14.6. The zero-order valence-corrected chi connectivity index (χ0v) is 14.2. The van der Waals surface area contributed by atoms with Crippen molar-refractivity contribution in [2.24, 2.45) is 0 Å². The van der Waals surface area contributed by atoms with E-state index in [4.69, 9.17) is 0 Å². The molecule has 0 amide bonds. The van der Waals surface area contributed by atoms with Crippen LogP contribution in [0.15, 0.2) is 12.3 Å². The quantitative estimate of drug-likeness (QED) is 0.867. The van der Waals surface area contributed by atoms with Crippen LogP contribution in [-0.4, -0.2) is 28.1 Å². The van der Waals surface area contributed by atoms with Crippen LogP contribution in [0.25, 0.3) is 0 Å². The maximum Gasteiger partial charge on any atom is 0.169 e. The van der Waals surface area contributed by atoms with Crippen LogP contribution >= 0.6 is 11.8 Å². The Hall–Kier alpha value is -0.810. The van der Waals surface area contributed by atoms with Crippen LogP contribution in [0.3, 0.4) is 0 Å². The highest BCUT2D eigenvalue weighted by Gasteiger charge is 2.27. The lowest BCUT2D eigenvalue weighted by molar-refractivity contribution is 0.418. The van der Waals surface area contributed by atoms with E-state index in [0.29, 0.717) is 29.2 Å². The fraction of sp³-hybridized carbons (Fsp3) is 0.688. The summed E-state index contributed by atoms with van der Waals surface area (Å²) in [6.07, 6.45) is 7.31. The molecule has 0 bridgehead atoms. The fourth-order valence-corrected chi connectivity index (χ4v) is 3.57. The molecule has 0 spiro atoms. The molecule has 0 radical (unpaired) electrons. The lowest BCUT2D eigenvalue weighted by Gasteiger charge is -2.22. The highest BCUT2D eigenvalue weighted by atomic mass is 32.2. The Labute approximate surface area is 131 Å². The van der Waals surface area contributed by atoms with Crippen LogP contribution in [0.1, 0.15) is 45.6 Å². The number of nitrogens with one attached hydrogen (secondary N) is 2. The highest BCUT2D eigenvalue weighted by molar-refractivity contribution is 7.99. The predicted molar refractivity (Wildman–Crippen MR) is 89.4 cm³/mol. The van der Waals surface area contributed by atoms with E-state index in [2.05, 4.69) is 42.6 Å². The van der Waals surface area contributed by atoms with E-state index in [1.54, 1.807) is 12.3 Å². The van der Waals surface area contributed by atoms with Crippen LogP contribution in [0.5, 0.6) is 0 Å². The molecule has 0 aromatic carbocycles. The molecule has 2 N–H and O–H groups in total. The summed E-state index contributed by atoms with van der Waals surface area (Å²) < 4.78 is 14.6. The number of thioether (sulfide) groups is 1. The van der Waals surface area contributed by atoms with Gasteiger partial charge in [0.1, 0.15) is 0 Å². The minimum atomic E-state index is -0.221. The monoisotopic (exact) mass is 311 g/mol. The van der Waals surface area contributed by atoms with Crippen molar-refractivity contribution in [2.75, 3.05) is 11.6 Å². The van der Waals surface area contributed by atoms with E-state index >= 15 is 0 Å². The third kappa shape index (κ3) is 4.58. The first kappa shape index (κ1) is 16.6. The zero-order chi connectivity index (χ0) is 15.5. The molecule has 2 unspecified atom stereocenters. The van der Waals surface area contributed by atoms with Crippen LogP contribution < -0.4 is 10.6 Å². The van der Waals surface area contributed by atoms with Crippen LogP contribution in [0.4, 0.5) is 10.2 Å². The van der Waals surface area contributed by atoms with E-state index < -0.39 is 0 Å². The Balaban J connectivity index is 2.07. The third-order valence-electron chi connectivity index (χ3n) is 3.86. The average Bonchev–Trinajstić information content (AvgIpc) is 2.86. The Bertz CT molecular complexity index is 473. The van der Waals surface area contributed by atoms with Crippen molar-refractivity contribution in [3.63, 3.8) is 0 Å². The molecule has 3 nitrogen and oxygen atoms in total. The van der Waals surface area contributed by atoms with Crippen molar-refractivity contribution in [1.29, 1.82) is 0 Å². The number of anilines is 1. The lowest BCUT2D eigenvalue weighted by atomic mass is 10.1. The molecule has 118 valence electrons. The van der Waals surface area contributed by atoms with Crippen molar-refractivity contribution < 1.29 is 4.39 Å². The van der Waals surface area contributed by atoms with Gasteiger partial charge in [-0.3, -0.25) is 0 Å². The molecule has 1 fully saturated rings. The van der Waals surface area contributed by atoms with Gasteiger partial charge in [0.25, 0.3) is 0 Å². The minimum absolute atomic E-state index is 0.0291. The van der Waals surface area contributed by atoms with Crippen molar-refractivity contribution in [3.05, 3.63) is 23.6 Å². The van der Waals surface area contributed by atoms with Crippen LogP contribution in [0.2, 0.25) is 0 Å². The summed E-state index contributed by atoms with van der Waals surface area (Å²) in [5.74, 6) is 0.176. The van der Waals surface area contributed by atoms with Crippen molar-refractivity contribution in [3.8, 4) is 0 Å². The maximum atomic E-state index is 14.6. The Kier molecular flexibility index (Phi) is 5.49. The summed E-state index contributed by atoms with van der Waals surface area (Å²) in [7, 11) is 0. The standard InChI is InChI=1S/C16H26FN3S/c1-16(2,3)19-10-11-8-9-18-15(14(11)17)20-12-6-5-7-13(12)21-4/h8-9,12-13,19H,5-7,10H2,1-4H3,(H,18,20). The SMILES string of the molecule is CSC1CCCC1Nc1nccc(CNC(C)(C)C)c1F. The summed E-state index contributed by atoms with van der Waals surface area (Å²) in [5, 5.41) is 7.19. The van der Waals surface area contributed by atoms with Gasteiger partial charge in [-0.25, -0.2) is 9.37 Å². The predicted octanol–water partition coefficient (Wildman–Crippen LogP) is 3.80. The summed E-state index contributed by atoms with van der Waals surface area (Å²) in [6, 6.07) is 2.08. The molecule has 2 rings (SSSR count). The average molecular weight is 311 g/mol. The van der Waals surface area contributed by atoms with Crippen molar-refractivity contribution >= 4 is 17.6 Å². The molecule has 1 heterocycles. The molecular weight excluding hydrogens is 285 g/mol. The largest absolute Gasteiger partial charge is 0.364 e. The number of rotatable bonds is 5. The third-order valence-corrected chi connectivity index (χ3v) is 5.03. The molecule has 1 aromatic rings. The summed E-state index contributed by atoms with van der Waals surface area (Å²) in [6.45, 7) is 6.75. The Morgan fingerprint density at radius 2 is 2.14 bits per heavy atom. The molecular formula is C16H26FN3S. The van der Waals surface area contributed by atoms with Crippen molar-refractivity contribution in [1.82, 2.24) is 10.3 Å². The molecule has 0 saturated heterocycles. The summed E-state index contributed by atoms with van der Waals surface area (Å²) >= 11 is 1.86. The summed E-state index contributed by atoms with van der Waals surface area (Å²) in [5.41, 5.74) is 0.639. The second-order valence-electron chi connectivity index (χ2n) is 6.69. The number of nitrogens with zero attached hydrogens (tertiary/aromatic N) is 1. The van der Waals surface area contributed by atoms with E-state index in [-0.39, 0.29) is 11.4 Å². The Morgan fingerprint density at radius 1 is 1.38 bits per heavy atom. The second kappa shape index (κ2) is 6.97. The van der Waals surface area contributed by atoms with E-state index in [1.807, 2.05) is 11.8 Å². The zero-order valence-electron chi connectivity index (χ0n) is 13.4. The van der Waals surface area contributed by atoms with E-state index in [1.165, 1.54) is 12.8 Å². The topological polar surface area (TPSA) is 37.0 Å². The first-order chi connectivity index (χ1) is 9.90. The molecule has 1 aromatic heterocycles. The van der Waals surface area contributed by atoms with Gasteiger partial charge in [-0.1, -0.05) is 6.42 Å². The normalized spacial score (nSPS) is 22.5. The summed E-state index contributed by atoms with van der Waals surface area (Å²) in [4.78, 5) is 4.19. The number of pyridine rings is 1. The van der Waals surface area contributed by atoms with Gasteiger partial charge in [0.05, 0.1) is 0 Å². The molecule has 0 aliphatic heterocycles. The van der Waals surface area contributed by atoms with Crippen molar-refractivity contribution in [2.45, 2.75) is 63.4 Å². The van der Waals surface area contributed by atoms with Crippen LogP contribution in [-0.2, 0) is 6.54 Å². The van der Waals surface area contributed by atoms with Gasteiger partial charge < -0.3 is 10.6 Å². The minimum Gasteiger partial charge on any atom is -0.364 e. The molecule has 21 heavy (non-hydrogen) atoms. The Morgan fingerprint density at radius 3 is 2.81 bits per heavy atom. The number of halogens is 1. The first-order valence-electron chi connectivity index (χ1n) is 7.58. The number of aromatic nitrogens is 1. The fourth-order valence-electron chi connectivity index (χ4n) is 2.63. The van der Waals surface area contributed by atoms with Gasteiger partial charge in [-0.05, 0) is 45.9 Å². The lowest BCUT2D eigenvalue weighted by Crippen LogP contribution is -2.35. The number of hydrogen-bond donors (Lipinski definition) is 2. The van der Waals surface area contributed by atoms with Gasteiger partial charge in [0, 0.05) is 35.1 Å². The van der Waals surface area contributed by atoms with E-state index in [0.717, 1.165) is 6.42 Å². The number of hydrogen-bond acceptors (Lipinski definition) is 4. The van der Waals surface area contributed by atoms with Gasteiger partial charge in [0.2, 0.25) is 0 Å². The molecule has 5 heteroatoms. The van der Waals surface area contributed by atoms with Gasteiger partial charge in [-0.2, -0.15) is 11.8 Å². The van der Waals surface area contributed by atoms with Gasteiger partial charge in [-0.15, -0.1) is 0 Å². The molecule has 1 saturated carbocycles. The van der Waals surface area contributed by atoms with E-state index in [9.17, 15) is 4.39 Å². The molecule has 1 aliphatic carbocycles. The van der Waals surface area contributed by atoms with Gasteiger partial charge >= 0.3 is 0 Å². The first-order valence-corrected chi connectivity index (χ1v) is 8.87. The van der Waals surface area contributed by atoms with Gasteiger partial charge in [0.15, 0.2) is 11.6 Å². The highest BCUT2D eigenvalue weighted by Crippen LogP contribution is 2.31. The molecule has 1 aliphatic rings. The molecule has 2 atom stereocenters.